The van der Waals surface area contributed by atoms with E-state index in [1.807, 2.05) is 0 Å². The molecule has 0 unspecified atom stereocenters. The first-order valence-electron chi connectivity index (χ1n) is 10.1. The first-order chi connectivity index (χ1) is 15.8. The molecule has 0 fully saturated rings. The molecular formula is C26H18ClF5O. The third-order valence-corrected chi connectivity index (χ3v) is 5.82. The Bertz CT molecular complexity index is 1310. The Labute approximate surface area is 192 Å². The molecule has 7 heteroatoms. The van der Waals surface area contributed by atoms with Crippen LogP contribution < -0.4 is 0 Å². The van der Waals surface area contributed by atoms with Gasteiger partial charge in [0.25, 0.3) is 0 Å². The summed E-state index contributed by atoms with van der Waals surface area (Å²) in [5.41, 5.74) is 1.15. The van der Waals surface area contributed by atoms with E-state index in [0.717, 1.165) is 12.1 Å². The fourth-order valence-electron chi connectivity index (χ4n) is 3.87. The highest BCUT2D eigenvalue weighted by Gasteiger charge is 2.16. The SMILES string of the molecule is COCc1cc(F)c(-c2ccc3c(F)c(CCc4cc(F)c(Cl)c(F)c4)ccc3c2)c(F)c1. The zero-order valence-electron chi connectivity index (χ0n) is 17.5. The number of ether oxygens (including phenoxy) is 1. The van der Waals surface area contributed by atoms with Crippen molar-refractivity contribution in [1.82, 2.24) is 0 Å². The van der Waals surface area contributed by atoms with Crippen LogP contribution in [0.15, 0.2) is 54.6 Å². The summed E-state index contributed by atoms with van der Waals surface area (Å²) < 4.78 is 76.4. The third-order valence-electron chi connectivity index (χ3n) is 5.46. The van der Waals surface area contributed by atoms with Crippen LogP contribution in [-0.2, 0) is 24.2 Å². The molecule has 170 valence electrons. The van der Waals surface area contributed by atoms with Gasteiger partial charge in [0.15, 0.2) is 0 Å². The van der Waals surface area contributed by atoms with Crippen LogP contribution in [0.1, 0.15) is 16.7 Å². The molecule has 33 heavy (non-hydrogen) atoms. The smallest absolute Gasteiger partial charge is 0.145 e. The molecule has 0 aromatic heterocycles. The van der Waals surface area contributed by atoms with Crippen LogP contribution in [0.25, 0.3) is 21.9 Å². The van der Waals surface area contributed by atoms with Crippen molar-refractivity contribution >= 4 is 22.4 Å². The quantitative estimate of drug-likeness (QED) is 0.204. The van der Waals surface area contributed by atoms with Gasteiger partial charge in [-0.05, 0) is 70.8 Å². The summed E-state index contributed by atoms with van der Waals surface area (Å²) in [5, 5.41) is 0.172. The van der Waals surface area contributed by atoms with Gasteiger partial charge in [-0.1, -0.05) is 35.9 Å². The molecule has 1 nitrogen and oxygen atoms in total. The number of hydrogen-bond donors (Lipinski definition) is 0. The lowest BCUT2D eigenvalue weighted by atomic mass is 9.96. The molecule has 0 heterocycles. The highest BCUT2D eigenvalue weighted by molar-refractivity contribution is 6.30. The number of methoxy groups -OCH3 is 1. The van der Waals surface area contributed by atoms with Crippen molar-refractivity contribution in [2.24, 2.45) is 0 Å². The molecule has 0 radical (unpaired) electrons. The van der Waals surface area contributed by atoms with E-state index in [1.165, 1.54) is 37.4 Å². The van der Waals surface area contributed by atoms with Crippen LogP contribution in [0, 0.1) is 29.1 Å². The van der Waals surface area contributed by atoms with Crippen LogP contribution in [0.3, 0.4) is 0 Å². The fourth-order valence-corrected chi connectivity index (χ4v) is 3.98. The number of hydrogen-bond acceptors (Lipinski definition) is 1. The molecule has 0 atom stereocenters. The summed E-state index contributed by atoms with van der Waals surface area (Å²) in [6.07, 6.45) is 0.407. The van der Waals surface area contributed by atoms with Gasteiger partial charge in [-0.15, -0.1) is 0 Å². The molecule has 0 bridgehead atoms. The average Bonchev–Trinajstić information content (AvgIpc) is 2.76. The molecule has 0 aliphatic carbocycles. The van der Waals surface area contributed by atoms with E-state index in [-0.39, 0.29) is 36.0 Å². The van der Waals surface area contributed by atoms with Crippen molar-refractivity contribution in [3.63, 3.8) is 0 Å². The zero-order valence-corrected chi connectivity index (χ0v) is 18.2. The van der Waals surface area contributed by atoms with Crippen LogP contribution in [-0.4, -0.2) is 7.11 Å². The van der Waals surface area contributed by atoms with Crippen molar-refractivity contribution in [2.75, 3.05) is 7.11 Å². The highest BCUT2D eigenvalue weighted by atomic mass is 35.5. The van der Waals surface area contributed by atoms with Gasteiger partial charge in [0.1, 0.15) is 34.1 Å². The minimum Gasteiger partial charge on any atom is -0.380 e. The fraction of sp³-hybridized carbons (Fsp3) is 0.154. The zero-order chi connectivity index (χ0) is 23.7. The molecule has 0 spiro atoms. The molecule has 0 aliphatic heterocycles. The van der Waals surface area contributed by atoms with Crippen LogP contribution in [0.4, 0.5) is 22.0 Å². The van der Waals surface area contributed by atoms with Crippen molar-refractivity contribution in [3.8, 4) is 11.1 Å². The van der Waals surface area contributed by atoms with Gasteiger partial charge in [0.05, 0.1) is 12.2 Å². The first-order valence-corrected chi connectivity index (χ1v) is 10.5. The highest BCUT2D eigenvalue weighted by Crippen LogP contribution is 2.32. The molecule has 4 rings (SSSR count). The number of halogens is 6. The monoisotopic (exact) mass is 476 g/mol. The van der Waals surface area contributed by atoms with Crippen LogP contribution >= 0.6 is 11.6 Å². The Morgan fingerprint density at radius 2 is 1.36 bits per heavy atom. The molecule has 4 aromatic carbocycles. The minimum atomic E-state index is -0.868. The second-order valence-electron chi connectivity index (χ2n) is 7.72. The topological polar surface area (TPSA) is 9.23 Å². The summed E-state index contributed by atoms with van der Waals surface area (Å²) in [6, 6.07) is 12.3. The predicted octanol–water partition coefficient (Wildman–Crippen LogP) is 7.79. The molecule has 4 aromatic rings. The molecule has 0 aliphatic rings. The number of benzene rings is 4. The second-order valence-corrected chi connectivity index (χ2v) is 8.09. The van der Waals surface area contributed by atoms with E-state index in [4.69, 9.17) is 16.3 Å². The van der Waals surface area contributed by atoms with E-state index < -0.39 is 34.1 Å². The Morgan fingerprint density at radius 3 is 2.00 bits per heavy atom. The lowest BCUT2D eigenvalue weighted by Gasteiger charge is -2.11. The molecule has 0 N–H and O–H groups in total. The number of aryl methyl sites for hydroxylation is 2. The lowest BCUT2D eigenvalue weighted by Crippen LogP contribution is -1.98. The molecule has 0 saturated heterocycles. The van der Waals surface area contributed by atoms with Gasteiger partial charge in [0, 0.05) is 12.5 Å². The van der Waals surface area contributed by atoms with Crippen molar-refractivity contribution in [3.05, 3.63) is 105 Å². The van der Waals surface area contributed by atoms with E-state index in [9.17, 15) is 17.6 Å². The normalized spacial score (nSPS) is 11.4. The van der Waals surface area contributed by atoms with Gasteiger partial charge < -0.3 is 4.74 Å². The maximum absolute atomic E-state index is 15.1. The van der Waals surface area contributed by atoms with E-state index in [2.05, 4.69) is 0 Å². The second kappa shape index (κ2) is 9.49. The summed E-state index contributed by atoms with van der Waals surface area (Å²) in [5.74, 6) is -3.70. The van der Waals surface area contributed by atoms with Crippen molar-refractivity contribution < 1.29 is 26.7 Å². The van der Waals surface area contributed by atoms with Gasteiger partial charge in [-0.3, -0.25) is 0 Å². The summed E-state index contributed by atoms with van der Waals surface area (Å²) in [6.45, 7) is 0.0785. The Morgan fingerprint density at radius 1 is 0.727 bits per heavy atom. The molecule has 0 amide bonds. The van der Waals surface area contributed by atoms with Gasteiger partial charge in [0.2, 0.25) is 0 Å². The van der Waals surface area contributed by atoms with E-state index in [0.29, 0.717) is 22.1 Å². The van der Waals surface area contributed by atoms with Gasteiger partial charge >= 0.3 is 0 Å². The van der Waals surface area contributed by atoms with Gasteiger partial charge in [-0.2, -0.15) is 0 Å². The van der Waals surface area contributed by atoms with Crippen molar-refractivity contribution in [2.45, 2.75) is 19.4 Å². The summed E-state index contributed by atoms with van der Waals surface area (Å²) in [4.78, 5) is 0. The van der Waals surface area contributed by atoms with Crippen molar-refractivity contribution in [1.29, 1.82) is 0 Å². The minimum absolute atomic E-state index is 0.0785. The predicted molar refractivity (Wildman–Crippen MR) is 119 cm³/mol. The first kappa shape index (κ1) is 23.2. The number of rotatable bonds is 6. The Kier molecular flexibility index (Phi) is 6.68. The summed E-state index contributed by atoms with van der Waals surface area (Å²) >= 11 is 5.49. The third kappa shape index (κ3) is 4.72. The van der Waals surface area contributed by atoms with Crippen LogP contribution in [0.5, 0.6) is 0 Å². The van der Waals surface area contributed by atoms with Gasteiger partial charge in [-0.25, -0.2) is 22.0 Å². The maximum atomic E-state index is 15.1. The molecule has 0 saturated carbocycles. The number of fused-ring (bicyclic) bond motifs is 1. The standard InChI is InChI=1S/C26H18ClF5O/c1-33-13-15-10-20(28)24(21(29)11-15)18-6-7-19-17(12-18)5-4-16(26(19)32)3-2-14-8-22(30)25(27)23(31)9-14/h4-12H,2-3,13H2,1H3. The molecular weight excluding hydrogens is 459 g/mol. The van der Waals surface area contributed by atoms with E-state index >= 15 is 4.39 Å². The summed E-state index contributed by atoms with van der Waals surface area (Å²) in [7, 11) is 1.43. The Balaban J connectivity index is 1.63. The average molecular weight is 477 g/mol. The largest absolute Gasteiger partial charge is 0.380 e. The lowest BCUT2D eigenvalue weighted by molar-refractivity contribution is 0.184. The van der Waals surface area contributed by atoms with Crippen LogP contribution in [0.2, 0.25) is 5.02 Å². The maximum Gasteiger partial charge on any atom is 0.145 e. The van der Waals surface area contributed by atoms with E-state index in [1.54, 1.807) is 12.1 Å². The Hall–Kier alpha value is -2.96.